The minimum absolute atomic E-state index is 0.662. The number of tetrazole rings is 1. The minimum atomic E-state index is 0.662. The predicted molar refractivity (Wildman–Crippen MR) is 80.1 cm³/mol. The van der Waals surface area contributed by atoms with E-state index in [-0.39, 0.29) is 0 Å². The van der Waals surface area contributed by atoms with Crippen molar-refractivity contribution < 1.29 is 0 Å². The van der Waals surface area contributed by atoms with E-state index in [2.05, 4.69) is 39.6 Å². The van der Waals surface area contributed by atoms with Crippen molar-refractivity contribution in [2.45, 2.75) is 13.8 Å². The zero-order valence-electron chi connectivity index (χ0n) is 12.3. The van der Waals surface area contributed by atoms with E-state index in [1.54, 1.807) is 4.68 Å². The second-order valence-corrected chi connectivity index (χ2v) is 5.25. The minimum Gasteiger partial charge on any atom is -0.341 e. The summed E-state index contributed by atoms with van der Waals surface area (Å²) >= 11 is 0. The normalized spacial score (nSPS) is 11.0. The van der Waals surface area contributed by atoms with Crippen LogP contribution in [0.5, 0.6) is 0 Å². The third-order valence-electron chi connectivity index (χ3n) is 2.97. The van der Waals surface area contributed by atoms with Crippen molar-refractivity contribution in [3.8, 4) is 5.69 Å². The molecule has 6 heteroatoms. The maximum Gasteiger partial charge on any atom is 0.250 e. The van der Waals surface area contributed by atoms with E-state index in [0.29, 0.717) is 5.92 Å². The van der Waals surface area contributed by atoms with Gasteiger partial charge in [-0.1, -0.05) is 37.1 Å². The molecule has 0 unspecified atom stereocenters. The number of nitrogens with zero attached hydrogens (tertiary/aromatic N) is 5. The highest BCUT2D eigenvalue weighted by molar-refractivity contribution is 5.39. The van der Waals surface area contributed by atoms with Crippen LogP contribution in [-0.2, 0) is 0 Å². The van der Waals surface area contributed by atoms with E-state index < -0.39 is 0 Å². The summed E-state index contributed by atoms with van der Waals surface area (Å²) in [6.07, 6.45) is 0. The van der Waals surface area contributed by atoms with Crippen LogP contribution in [0.2, 0.25) is 0 Å². The van der Waals surface area contributed by atoms with E-state index in [4.69, 9.17) is 0 Å². The Balaban J connectivity index is 1.97. The zero-order chi connectivity index (χ0) is 14.4. The zero-order valence-corrected chi connectivity index (χ0v) is 12.3. The van der Waals surface area contributed by atoms with Crippen LogP contribution in [0.25, 0.3) is 5.69 Å². The fraction of sp³-hybridized carbons (Fsp3) is 0.500. The molecule has 0 aliphatic heterocycles. The van der Waals surface area contributed by atoms with E-state index in [1.807, 2.05) is 37.4 Å². The van der Waals surface area contributed by atoms with Crippen LogP contribution in [0.1, 0.15) is 13.8 Å². The Hall–Kier alpha value is -1.95. The smallest absolute Gasteiger partial charge is 0.250 e. The highest BCUT2D eigenvalue weighted by Crippen LogP contribution is 2.13. The van der Waals surface area contributed by atoms with Crippen molar-refractivity contribution in [1.29, 1.82) is 0 Å². The van der Waals surface area contributed by atoms with Crippen molar-refractivity contribution in [3.05, 3.63) is 30.3 Å². The molecule has 0 aliphatic carbocycles. The van der Waals surface area contributed by atoms with E-state index >= 15 is 0 Å². The topological polar surface area (TPSA) is 58.9 Å². The van der Waals surface area contributed by atoms with Crippen molar-refractivity contribution in [1.82, 2.24) is 25.5 Å². The lowest BCUT2D eigenvalue weighted by Crippen LogP contribution is -2.32. The first-order chi connectivity index (χ1) is 9.68. The summed E-state index contributed by atoms with van der Waals surface area (Å²) in [5, 5.41) is 15.4. The van der Waals surface area contributed by atoms with E-state index in [0.717, 1.165) is 31.3 Å². The summed E-state index contributed by atoms with van der Waals surface area (Å²) in [5.41, 5.74) is 0.967. The number of rotatable bonds is 7. The Bertz CT molecular complexity index is 507. The number of hydrogen-bond donors (Lipinski definition) is 1. The highest BCUT2D eigenvalue weighted by atomic mass is 15.6. The maximum absolute atomic E-state index is 4.11. The molecular weight excluding hydrogens is 252 g/mol. The van der Waals surface area contributed by atoms with Gasteiger partial charge in [-0.15, -0.1) is 0 Å². The number of hydrogen-bond acceptors (Lipinski definition) is 5. The van der Waals surface area contributed by atoms with Gasteiger partial charge in [-0.3, -0.25) is 0 Å². The fourth-order valence-electron chi connectivity index (χ4n) is 1.89. The van der Waals surface area contributed by atoms with Crippen molar-refractivity contribution in [3.63, 3.8) is 0 Å². The van der Waals surface area contributed by atoms with E-state index in [9.17, 15) is 0 Å². The predicted octanol–water partition coefficient (Wildman–Crippen LogP) is 1.34. The Morgan fingerprint density at radius 2 is 2.00 bits per heavy atom. The summed E-state index contributed by atoms with van der Waals surface area (Å²) in [7, 11) is 2.00. The van der Waals surface area contributed by atoms with Gasteiger partial charge in [0.15, 0.2) is 0 Å². The number of likely N-dealkylation sites (N-methyl/N-ethyl adjacent to an activating group) is 1. The largest absolute Gasteiger partial charge is 0.341 e. The molecule has 1 heterocycles. The molecule has 0 amide bonds. The molecule has 0 atom stereocenters. The van der Waals surface area contributed by atoms with E-state index in [1.165, 1.54) is 0 Å². The van der Waals surface area contributed by atoms with Gasteiger partial charge in [0.05, 0.1) is 5.69 Å². The lowest BCUT2D eigenvalue weighted by Gasteiger charge is -2.18. The molecule has 0 bridgehead atoms. The summed E-state index contributed by atoms with van der Waals surface area (Å²) < 4.78 is 1.75. The average Bonchev–Trinajstić information content (AvgIpc) is 2.93. The first-order valence-corrected chi connectivity index (χ1v) is 6.94. The summed E-state index contributed by atoms with van der Waals surface area (Å²) in [5.74, 6) is 1.41. The van der Waals surface area contributed by atoms with Crippen molar-refractivity contribution >= 4 is 5.95 Å². The van der Waals surface area contributed by atoms with Gasteiger partial charge in [-0.25, -0.2) is 0 Å². The molecule has 0 radical (unpaired) electrons. The number of aromatic nitrogens is 4. The highest BCUT2D eigenvalue weighted by Gasteiger charge is 2.12. The van der Waals surface area contributed by atoms with Gasteiger partial charge in [-0.05, 0) is 35.0 Å². The second-order valence-electron chi connectivity index (χ2n) is 5.25. The number of anilines is 1. The molecule has 0 saturated carbocycles. The van der Waals surface area contributed by atoms with Crippen molar-refractivity contribution in [2.75, 3.05) is 31.6 Å². The third kappa shape index (κ3) is 3.77. The summed E-state index contributed by atoms with van der Waals surface area (Å²) in [6, 6.07) is 9.92. The molecule has 6 nitrogen and oxygen atoms in total. The van der Waals surface area contributed by atoms with Crippen LogP contribution in [0.3, 0.4) is 0 Å². The molecular formula is C14H22N6. The van der Waals surface area contributed by atoms with Crippen LogP contribution in [0.15, 0.2) is 30.3 Å². The van der Waals surface area contributed by atoms with Gasteiger partial charge in [-0.2, -0.15) is 4.68 Å². The molecule has 0 spiro atoms. The molecule has 108 valence electrons. The molecule has 1 aromatic heterocycles. The lowest BCUT2D eigenvalue weighted by molar-refractivity contribution is 0.552. The Labute approximate surface area is 119 Å². The number of para-hydroxylation sites is 1. The molecule has 0 fully saturated rings. The van der Waals surface area contributed by atoms with Gasteiger partial charge in [0.25, 0.3) is 0 Å². The van der Waals surface area contributed by atoms with Crippen LogP contribution in [-0.4, -0.2) is 46.9 Å². The standard InChI is InChI=1S/C14H22N6/c1-12(2)11-15-9-10-19(3)14-16-17-18-20(14)13-7-5-4-6-8-13/h4-8,12,15H,9-11H2,1-3H3. The summed E-state index contributed by atoms with van der Waals surface area (Å²) in [4.78, 5) is 2.06. The number of benzene rings is 1. The molecule has 20 heavy (non-hydrogen) atoms. The first-order valence-electron chi connectivity index (χ1n) is 6.94. The quantitative estimate of drug-likeness (QED) is 0.772. The molecule has 1 aromatic carbocycles. The molecule has 0 aliphatic rings. The molecule has 2 rings (SSSR count). The van der Waals surface area contributed by atoms with Gasteiger partial charge in [0.1, 0.15) is 0 Å². The van der Waals surface area contributed by atoms with Crippen LogP contribution in [0, 0.1) is 5.92 Å². The van der Waals surface area contributed by atoms with Gasteiger partial charge >= 0.3 is 0 Å². The third-order valence-corrected chi connectivity index (χ3v) is 2.97. The van der Waals surface area contributed by atoms with Crippen molar-refractivity contribution in [2.24, 2.45) is 5.92 Å². The SMILES string of the molecule is CC(C)CNCCN(C)c1nnnn1-c1ccccc1. The monoisotopic (exact) mass is 274 g/mol. The molecule has 2 aromatic rings. The Morgan fingerprint density at radius 3 is 2.70 bits per heavy atom. The van der Waals surface area contributed by atoms with Crippen LogP contribution < -0.4 is 10.2 Å². The molecule has 1 N–H and O–H groups in total. The van der Waals surface area contributed by atoms with Gasteiger partial charge in [0, 0.05) is 20.1 Å². The van der Waals surface area contributed by atoms with Crippen LogP contribution in [0.4, 0.5) is 5.95 Å². The van der Waals surface area contributed by atoms with Crippen LogP contribution >= 0.6 is 0 Å². The first kappa shape index (κ1) is 14.5. The lowest BCUT2D eigenvalue weighted by atomic mass is 10.2. The fourth-order valence-corrected chi connectivity index (χ4v) is 1.89. The van der Waals surface area contributed by atoms with Gasteiger partial charge < -0.3 is 10.2 Å². The van der Waals surface area contributed by atoms with Gasteiger partial charge in [0.2, 0.25) is 5.95 Å². The Morgan fingerprint density at radius 1 is 1.25 bits per heavy atom. The maximum atomic E-state index is 4.11. The second kappa shape index (κ2) is 7.00. The Kier molecular flexibility index (Phi) is 5.06. The average molecular weight is 274 g/mol. The number of nitrogens with one attached hydrogen (secondary N) is 1. The molecule has 0 saturated heterocycles. The summed E-state index contributed by atoms with van der Waals surface area (Å²) in [6.45, 7) is 7.20.